The molecule has 2 heteroatoms. The van der Waals surface area contributed by atoms with Crippen LogP contribution in [0.2, 0.25) is 0 Å². The van der Waals surface area contributed by atoms with Crippen LogP contribution in [0.4, 0.5) is 0 Å². The first-order valence-corrected chi connectivity index (χ1v) is 4.61. The average molecular weight is 169 g/mol. The number of nitrogens with zero attached hydrogens (tertiary/aromatic N) is 1. The third-order valence-corrected chi connectivity index (χ3v) is 1.83. The molecule has 1 heterocycles. The molecule has 1 aliphatic heterocycles. The van der Waals surface area contributed by atoms with Crippen LogP contribution in [0, 0.1) is 5.92 Å². The highest BCUT2D eigenvalue weighted by atomic mass is 16.6. The Balaban J connectivity index is 2.32. The summed E-state index contributed by atoms with van der Waals surface area (Å²) < 4.78 is 5.42. The lowest BCUT2D eigenvalue weighted by Gasteiger charge is -2.09. The highest BCUT2D eigenvalue weighted by Crippen LogP contribution is 2.27. The summed E-state index contributed by atoms with van der Waals surface area (Å²) in [5, 5.41) is 0. The maximum absolute atomic E-state index is 5.42. The Morgan fingerprint density at radius 2 is 1.92 bits per heavy atom. The third-order valence-electron chi connectivity index (χ3n) is 1.83. The van der Waals surface area contributed by atoms with Gasteiger partial charge in [0.2, 0.25) is 0 Å². The lowest BCUT2D eigenvalue weighted by molar-refractivity contribution is 0.348. The highest BCUT2D eigenvalue weighted by molar-refractivity contribution is 5.67. The molecule has 0 amide bonds. The van der Waals surface area contributed by atoms with Gasteiger partial charge in [-0.05, 0) is 26.7 Å². The standard InChI is InChI=1S/C10H19NO/c1-7(2)9-8(12-9)6-11-10(3,4)5/h6-9H,1-5H3/t8-,9+/m0/s1. The molecule has 1 saturated heterocycles. The molecule has 2 atom stereocenters. The number of hydrogen-bond donors (Lipinski definition) is 0. The van der Waals surface area contributed by atoms with Crippen LogP contribution >= 0.6 is 0 Å². The fourth-order valence-corrected chi connectivity index (χ4v) is 1.09. The van der Waals surface area contributed by atoms with Crippen molar-refractivity contribution in [2.75, 3.05) is 0 Å². The summed E-state index contributed by atoms with van der Waals surface area (Å²) in [4.78, 5) is 4.40. The lowest BCUT2D eigenvalue weighted by atomic mass is 10.1. The first-order chi connectivity index (χ1) is 5.40. The van der Waals surface area contributed by atoms with Gasteiger partial charge in [-0.25, -0.2) is 0 Å². The number of ether oxygens (including phenoxy) is 1. The van der Waals surface area contributed by atoms with Crippen molar-refractivity contribution in [3.63, 3.8) is 0 Å². The zero-order valence-electron chi connectivity index (χ0n) is 8.66. The van der Waals surface area contributed by atoms with Crippen molar-refractivity contribution in [1.82, 2.24) is 0 Å². The van der Waals surface area contributed by atoms with Gasteiger partial charge < -0.3 is 4.74 Å². The van der Waals surface area contributed by atoms with E-state index in [0.717, 1.165) is 0 Å². The Hall–Kier alpha value is -0.370. The molecule has 0 aromatic heterocycles. The number of aliphatic imine (C=N–C) groups is 1. The van der Waals surface area contributed by atoms with Crippen molar-refractivity contribution in [3.8, 4) is 0 Å². The van der Waals surface area contributed by atoms with Gasteiger partial charge in [-0.1, -0.05) is 13.8 Å². The van der Waals surface area contributed by atoms with Gasteiger partial charge >= 0.3 is 0 Å². The van der Waals surface area contributed by atoms with Gasteiger partial charge in [-0.3, -0.25) is 4.99 Å². The van der Waals surface area contributed by atoms with Gasteiger partial charge in [0.1, 0.15) is 6.10 Å². The van der Waals surface area contributed by atoms with E-state index in [4.69, 9.17) is 4.74 Å². The monoisotopic (exact) mass is 169 g/mol. The number of epoxide rings is 1. The number of hydrogen-bond acceptors (Lipinski definition) is 2. The molecule has 0 unspecified atom stereocenters. The SMILES string of the molecule is CC(C)[C@H]1O[C@H]1C=NC(C)(C)C. The summed E-state index contributed by atoms with van der Waals surface area (Å²) in [6, 6.07) is 0. The smallest absolute Gasteiger partial charge is 0.119 e. The Labute approximate surface area is 75.0 Å². The fraction of sp³-hybridized carbons (Fsp3) is 0.900. The summed E-state index contributed by atoms with van der Waals surface area (Å²) >= 11 is 0. The quantitative estimate of drug-likeness (QED) is 0.460. The minimum absolute atomic E-state index is 0.0352. The molecule has 1 fully saturated rings. The molecule has 1 aliphatic rings. The van der Waals surface area contributed by atoms with Crippen molar-refractivity contribution >= 4 is 6.21 Å². The van der Waals surface area contributed by atoms with Gasteiger partial charge in [0, 0.05) is 6.21 Å². The molecule has 0 aromatic carbocycles. The van der Waals surface area contributed by atoms with E-state index in [-0.39, 0.29) is 11.6 Å². The predicted molar refractivity (Wildman–Crippen MR) is 51.7 cm³/mol. The minimum Gasteiger partial charge on any atom is -0.363 e. The van der Waals surface area contributed by atoms with E-state index in [1.807, 2.05) is 6.21 Å². The van der Waals surface area contributed by atoms with Gasteiger partial charge in [0.15, 0.2) is 0 Å². The van der Waals surface area contributed by atoms with Crippen molar-refractivity contribution in [1.29, 1.82) is 0 Å². The van der Waals surface area contributed by atoms with E-state index in [1.54, 1.807) is 0 Å². The van der Waals surface area contributed by atoms with E-state index in [0.29, 0.717) is 12.0 Å². The van der Waals surface area contributed by atoms with E-state index in [2.05, 4.69) is 39.6 Å². The largest absolute Gasteiger partial charge is 0.363 e. The molecule has 70 valence electrons. The topological polar surface area (TPSA) is 24.9 Å². The van der Waals surface area contributed by atoms with Gasteiger partial charge in [0.05, 0.1) is 11.6 Å². The van der Waals surface area contributed by atoms with Crippen molar-refractivity contribution in [2.45, 2.75) is 52.4 Å². The fourth-order valence-electron chi connectivity index (χ4n) is 1.09. The highest BCUT2D eigenvalue weighted by Gasteiger charge is 2.39. The van der Waals surface area contributed by atoms with E-state index in [1.165, 1.54) is 0 Å². The number of rotatable bonds is 2. The van der Waals surface area contributed by atoms with Crippen LogP contribution in [0.1, 0.15) is 34.6 Å². The van der Waals surface area contributed by atoms with Crippen LogP contribution in [0.15, 0.2) is 4.99 Å². The molecular weight excluding hydrogens is 150 g/mol. The van der Waals surface area contributed by atoms with E-state index in [9.17, 15) is 0 Å². The molecule has 0 spiro atoms. The molecule has 0 radical (unpaired) electrons. The molecule has 0 saturated carbocycles. The molecule has 1 rings (SSSR count). The summed E-state index contributed by atoms with van der Waals surface area (Å²) in [6.07, 6.45) is 2.64. The first kappa shape index (κ1) is 9.72. The van der Waals surface area contributed by atoms with E-state index >= 15 is 0 Å². The Morgan fingerprint density at radius 1 is 1.33 bits per heavy atom. The van der Waals surface area contributed by atoms with Crippen LogP contribution in [0.3, 0.4) is 0 Å². The molecule has 0 N–H and O–H groups in total. The lowest BCUT2D eigenvalue weighted by Crippen LogP contribution is -2.12. The van der Waals surface area contributed by atoms with Crippen LogP contribution in [0.5, 0.6) is 0 Å². The second-order valence-electron chi connectivity index (χ2n) is 4.76. The maximum Gasteiger partial charge on any atom is 0.119 e. The predicted octanol–water partition coefficient (Wildman–Crippen LogP) is 2.28. The van der Waals surface area contributed by atoms with Crippen molar-refractivity contribution in [3.05, 3.63) is 0 Å². The molecular formula is C10H19NO. The molecule has 0 bridgehead atoms. The van der Waals surface area contributed by atoms with Crippen molar-refractivity contribution in [2.24, 2.45) is 10.9 Å². The third kappa shape index (κ3) is 2.94. The minimum atomic E-state index is 0.0352. The normalized spacial score (nSPS) is 30.2. The van der Waals surface area contributed by atoms with Crippen LogP contribution < -0.4 is 0 Å². The van der Waals surface area contributed by atoms with Crippen LogP contribution in [-0.2, 0) is 4.74 Å². The van der Waals surface area contributed by atoms with Crippen LogP contribution in [-0.4, -0.2) is 24.0 Å². The zero-order valence-corrected chi connectivity index (χ0v) is 8.66. The average Bonchev–Trinajstić information content (AvgIpc) is 2.59. The van der Waals surface area contributed by atoms with Gasteiger partial charge in [-0.2, -0.15) is 0 Å². The molecule has 0 aromatic rings. The Bertz CT molecular complexity index is 179. The Kier molecular flexibility index (Phi) is 2.57. The summed E-state index contributed by atoms with van der Waals surface area (Å²) in [6.45, 7) is 10.6. The Morgan fingerprint density at radius 3 is 2.25 bits per heavy atom. The summed E-state index contributed by atoms with van der Waals surface area (Å²) in [5.41, 5.74) is 0.0352. The van der Waals surface area contributed by atoms with Crippen molar-refractivity contribution < 1.29 is 4.74 Å². The summed E-state index contributed by atoms with van der Waals surface area (Å²) in [5.74, 6) is 0.612. The second kappa shape index (κ2) is 3.17. The van der Waals surface area contributed by atoms with Crippen LogP contribution in [0.25, 0.3) is 0 Å². The summed E-state index contributed by atoms with van der Waals surface area (Å²) in [7, 11) is 0. The second-order valence-corrected chi connectivity index (χ2v) is 4.76. The molecule has 0 aliphatic carbocycles. The van der Waals surface area contributed by atoms with Gasteiger partial charge in [-0.15, -0.1) is 0 Å². The van der Waals surface area contributed by atoms with E-state index < -0.39 is 0 Å². The van der Waals surface area contributed by atoms with Gasteiger partial charge in [0.25, 0.3) is 0 Å². The first-order valence-electron chi connectivity index (χ1n) is 4.61. The maximum atomic E-state index is 5.42. The molecule has 2 nitrogen and oxygen atoms in total. The molecule has 12 heavy (non-hydrogen) atoms. The zero-order chi connectivity index (χ0) is 9.35.